The summed E-state index contributed by atoms with van der Waals surface area (Å²) < 4.78 is 0. The van der Waals surface area contributed by atoms with Crippen molar-refractivity contribution in [2.45, 2.75) is 24.8 Å². The average Bonchev–Trinajstić information content (AvgIpc) is 2.41. The second kappa shape index (κ2) is 4.86. The molecule has 1 aromatic heterocycles. The van der Waals surface area contributed by atoms with Crippen LogP contribution < -0.4 is 5.32 Å². The Hall–Kier alpha value is -1.74. The molecule has 2 atom stereocenters. The zero-order valence-corrected chi connectivity index (χ0v) is 10.5. The molecule has 3 heteroatoms. The highest BCUT2D eigenvalue weighted by Gasteiger charge is 2.28. The summed E-state index contributed by atoms with van der Waals surface area (Å²) in [6.07, 6.45) is 5.86. The van der Waals surface area contributed by atoms with Crippen LogP contribution in [0.5, 0.6) is 0 Å². The third kappa shape index (κ3) is 2.02. The van der Waals surface area contributed by atoms with Crippen molar-refractivity contribution >= 4 is 0 Å². The van der Waals surface area contributed by atoms with Gasteiger partial charge in [0, 0.05) is 12.4 Å². The quantitative estimate of drug-likeness (QED) is 0.890. The number of hydrogen-bond acceptors (Lipinski definition) is 3. The maximum Gasteiger partial charge on any atom is 0.145 e. The molecule has 0 saturated carbocycles. The molecule has 0 aliphatic heterocycles. The summed E-state index contributed by atoms with van der Waals surface area (Å²) in [4.78, 5) is 8.69. The van der Waals surface area contributed by atoms with Gasteiger partial charge in [0.05, 0.1) is 6.04 Å². The van der Waals surface area contributed by atoms with E-state index in [4.69, 9.17) is 0 Å². The number of benzene rings is 1. The lowest BCUT2D eigenvalue weighted by molar-refractivity contribution is 0.437. The Kier molecular flexibility index (Phi) is 3.07. The van der Waals surface area contributed by atoms with E-state index in [1.54, 1.807) is 12.4 Å². The zero-order valence-electron chi connectivity index (χ0n) is 10.5. The zero-order chi connectivity index (χ0) is 12.4. The van der Waals surface area contributed by atoms with Crippen LogP contribution in [0.15, 0.2) is 42.7 Å². The maximum absolute atomic E-state index is 4.34. The smallest absolute Gasteiger partial charge is 0.145 e. The molecule has 3 rings (SSSR count). The van der Waals surface area contributed by atoms with Crippen molar-refractivity contribution in [2.75, 3.05) is 7.05 Å². The van der Waals surface area contributed by atoms with Crippen LogP contribution in [-0.2, 0) is 6.42 Å². The Morgan fingerprint density at radius 1 is 1.22 bits per heavy atom. The molecule has 18 heavy (non-hydrogen) atoms. The van der Waals surface area contributed by atoms with Gasteiger partial charge in [-0.15, -0.1) is 0 Å². The molecule has 1 aromatic carbocycles. The molecule has 2 unspecified atom stereocenters. The molecule has 0 radical (unpaired) electrons. The van der Waals surface area contributed by atoms with Gasteiger partial charge in [0.15, 0.2) is 0 Å². The van der Waals surface area contributed by atoms with Crippen molar-refractivity contribution < 1.29 is 0 Å². The normalized spacial score (nSPS) is 18.8. The predicted molar refractivity (Wildman–Crippen MR) is 71.3 cm³/mol. The van der Waals surface area contributed by atoms with Gasteiger partial charge in [-0.3, -0.25) is 0 Å². The molecule has 2 aromatic rings. The molecule has 0 fully saturated rings. The fourth-order valence-corrected chi connectivity index (χ4v) is 2.70. The Labute approximate surface area is 107 Å². The highest BCUT2D eigenvalue weighted by molar-refractivity contribution is 5.40. The van der Waals surface area contributed by atoms with E-state index in [9.17, 15) is 0 Å². The van der Waals surface area contributed by atoms with Crippen LogP contribution >= 0.6 is 0 Å². The van der Waals surface area contributed by atoms with Crippen molar-refractivity contribution in [1.82, 2.24) is 15.3 Å². The minimum atomic E-state index is 0.240. The topological polar surface area (TPSA) is 37.8 Å². The number of nitrogens with one attached hydrogen (secondary N) is 1. The Morgan fingerprint density at radius 3 is 2.72 bits per heavy atom. The molecule has 1 aliphatic rings. The maximum atomic E-state index is 4.34. The van der Waals surface area contributed by atoms with E-state index < -0.39 is 0 Å². The van der Waals surface area contributed by atoms with Crippen LogP contribution in [0.4, 0.5) is 0 Å². The van der Waals surface area contributed by atoms with E-state index in [-0.39, 0.29) is 6.04 Å². The highest BCUT2D eigenvalue weighted by Crippen LogP contribution is 2.40. The summed E-state index contributed by atoms with van der Waals surface area (Å²) in [5.41, 5.74) is 2.99. The first-order valence-corrected chi connectivity index (χ1v) is 6.40. The van der Waals surface area contributed by atoms with E-state index in [1.807, 2.05) is 13.1 Å². The summed E-state index contributed by atoms with van der Waals surface area (Å²) in [6.45, 7) is 0. The van der Waals surface area contributed by atoms with Crippen LogP contribution in [-0.4, -0.2) is 17.0 Å². The van der Waals surface area contributed by atoms with Crippen LogP contribution in [0, 0.1) is 0 Å². The van der Waals surface area contributed by atoms with Crippen LogP contribution in [0.25, 0.3) is 0 Å². The molecule has 0 saturated heterocycles. The number of aromatic nitrogens is 2. The number of hydrogen-bond donors (Lipinski definition) is 1. The lowest BCUT2D eigenvalue weighted by Crippen LogP contribution is -2.26. The van der Waals surface area contributed by atoms with E-state index >= 15 is 0 Å². The van der Waals surface area contributed by atoms with Gasteiger partial charge in [0.1, 0.15) is 5.82 Å². The first-order valence-electron chi connectivity index (χ1n) is 6.40. The van der Waals surface area contributed by atoms with Crippen LogP contribution in [0.3, 0.4) is 0 Å². The van der Waals surface area contributed by atoms with Gasteiger partial charge < -0.3 is 5.32 Å². The standard InChI is InChI=1S/C15H17N3/c1-16-14(15-17-7-4-8-18-15)10-12-9-11-5-2-3-6-13(11)12/h2-8,12,14,16H,9-10H2,1H3. The lowest BCUT2D eigenvalue weighted by Gasteiger charge is -2.32. The first kappa shape index (κ1) is 11.4. The summed E-state index contributed by atoms with van der Waals surface area (Å²) in [7, 11) is 1.98. The fraction of sp³-hybridized carbons (Fsp3) is 0.333. The third-order valence-electron chi connectivity index (χ3n) is 3.73. The van der Waals surface area contributed by atoms with Gasteiger partial charge in [0.25, 0.3) is 0 Å². The van der Waals surface area contributed by atoms with Crippen molar-refractivity contribution in [3.05, 3.63) is 59.7 Å². The van der Waals surface area contributed by atoms with E-state index in [0.29, 0.717) is 5.92 Å². The number of rotatable bonds is 4. The van der Waals surface area contributed by atoms with Gasteiger partial charge in [-0.25, -0.2) is 9.97 Å². The Balaban J connectivity index is 1.74. The van der Waals surface area contributed by atoms with Crippen molar-refractivity contribution in [3.63, 3.8) is 0 Å². The van der Waals surface area contributed by atoms with Gasteiger partial charge >= 0.3 is 0 Å². The van der Waals surface area contributed by atoms with Crippen LogP contribution in [0.2, 0.25) is 0 Å². The average molecular weight is 239 g/mol. The first-order chi connectivity index (χ1) is 8.88. The molecule has 1 N–H and O–H groups in total. The molecule has 0 spiro atoms. The summed E-state index contributed by atoms with van der Waals surface area (Å²) in [5, 5.41) is 3.32. The minimum absolute atomic E-state index is 0.240. The molecular weight excluding hydrogens is 222 g/mol. The van der Waals surface area contributed by atoms with Crippen molar-refractivity contribution in [1.29, 1.82) is 0 Å². The highest BCUT2D eigenvalue weighted by atomic mass is 15.0. The predicted octanol–water partition coefficient (Wildman–Crippen LogP) is 2.47. The Bertz CT molecular complexity index is 524. The van der Waals surface area contributed by atoms with Crippen molar-refractivity contribution in [2.24, 2.45) is 0 Å². The third-order valence-corrected chi connectivity index (χ3v) is 3.73. The largest absolute Gasteiger partial charge is 0.310 e. The van der Waals surface area contributed by atoms with E-state index in [2.05, 4.69) is 39.6 Å². The summed E-state index contributed by atoms with van der Waals surface area (Å²) in [6, 6.07) is 10.8. The SMILES string of the molecule is CNC(CC1Cc2ccccc21)c1ncccn1. The molecule has 1 aliphatic carbocycles. The lowest BCUT2D eigenvalue weighted by atomic mass is 9.74. The van der Waals surface area contributed by atoms with E-state index in [1.165, 1.54) is 17.5 Å². The molecular formula is C15H17N3. The second-order valence-electron chi connectivity index (χ2n) is 4.78. The molecule has 3 nitrogen and oxygen atoms in total. The van der Waals surface area contributed by atoms with E-state index in [0.717, 1.165) is 12.2 Å². The fourth-order valence-electron chi connectivity index (χ4n) is 2.70. The molecule has 92 valence electrons. The van der Waals surface area contributed by atoms with Gasteiger partial charge in [0.2, 0.25) is 0 Å². The van der Waals surface area contributed by atoms with Crippen molar-refractivity contribution in [3.8, 4) is 0 Å². The van der Waals surface area contributed by atoms with Gasteiger partial charge in [-0.2, -0.15) is 0 Å². The van der Waals surface area contributed by atoms with Crippen LogP contribution in [0.1, 0.15) is 35.3 Å². The molecule has 0 amide bonds. The number of fused-ring (bicyclic) bond motifs is 1. The monoisotopic (exact) mass is 239 g/mol. The van der Waals surface area contributed by atoms with Gasteiger partial charge in [-0.1, -0.05) is 24.3 Å². The second-order valence-corrected chi connectivity index (χ2v) is 4.78. The molecule has 1 heterocycles. The summed E-state index contributed by atoms with van der Waals surface area (Å²) >= 11 is 0. The minimum Gasteiger partial charge on any atom is -0.310 e. The number of nitrogens with zero attached hydrogens (tertiary/aromatic N) is 2. The molecule has 0 bridgehead atoms. The summed E-state index contributed by atoms with van der Waals surface area (Å²) in [5.74, 6) is 1.53. The Morgan fingerprint density at radius 2 is 2.00 bits per heavy atom. The van der Waals surface area contributed by atoms with Gasteiger partial charge in [-0.05, 0) is 43.0 Å².